The number of fused-ring (bicyclic) bond motifs is 1. The monoisotopic (exact) mass is 349 g/mol. The van der Waals surface area contributed by atoms with E-state index in [2.05, 4.69) is 20.9 Å². The maximum Gasteiger partial charge on any atom is 0.201 e. The summed E-state index contributed by atoms with van der Waals surface area (Å²) in [6.45, 7) is 0.504. The molecule has 0 aliphatic heterocycles. The third-order valence-electron chi connectivity index (χ3n) is 3.34. The van der Waals surface area contributed by atoms with Crippen LogP contribution in [0.4, 0.5) is 10.3 Å². The first-order chi connectivity index (χ1) is 10.1. The fourth-order valence-electron chi connectivity index (χ4n) is 2.31. The van der Waals surface area contributed by atoms with Gasteiger partial charge >= 0.3 is 0 Å². The summed E-state index contributed by atoms with van der Waals surface area (Å²) in [5, 5.41) is 0. The molecule has 0 saturated carbocycles. The Morgan fingerprint density at radius 3 is 2.86 bits per heavy atom. The smallest absolute Gasteiger partial charge is 0.201 e. The third-order valence-corrected chi connectivity index (χ3v) is 3.95. The van der Waals surface area contributed by atoms with Gasteiger partial charge in [-0.3, -0.25) is 0 Å². The second-order valence-electron chi connectivity index (χ2n) is 4.62. The summed E-state index contributed by atoms with van der Waals surface area (Å²) < 4.78 is 21.1. The second kappa shape index (κ2) is 5.37. The molecule has 0 aliphatic rings. The van der Waals surface area contributed by atoms with E-state index in [1.54, 1.807) is 13.2 Å². The minimum absolute atomic E-state index is 0.341. The number of ether oxygens (including phenoxy) is 1. The number of hydrogen-bond acceptors (Lipinski definition) is 3. The zero-order chi connectivity index (χ0) is 15.0. The fraction of sp³-hybridized carbons (Fsp3) is 0.133. The topological polar surface area (TPSA) is 53.1 Å². The Balaban J connectivity index is 2.12. The van der Waals surface area contributed by atoms with Crippen molar-refractivity contribution >= 4 is 32.9 Å². The lowest BCUT2D eigenvalue weighted by Gasteiger charge is -2.11. The Kier molecular flexibility index (Phi) is 3.55. The van der Waals surface area contributed by atoms with E-state index < -0.39 is 0 Å². The van der Waals surface area contributed by atoms with Crippen LogP contribution >= 0.6 is 15.9 Å². The quantitative estimate of drug-likeness (QED) is 0.786. The number of methoxy groups -OCH3 is 1. The number of benzene rings is 2. The van der Waals surface area contributed by atoms with Crippen molar-refractivity contribution in [3.63, 3.8) is 0 Å². The van der Waals surface area contributed by atoms with Gasteiger partial charge in [0, 0.05) is 11.6 Å². The van der Waals surface area contributed by atoms with E-state index in [0.717, 1.165) is 16.8 Å². The molecule has 2 N–H and O–H groups in total. The first-order valence-electron chi connectivity index (χ1n) is 6.33. The van der Waals surface area contributed by atoms with Gasteiger partial charge in [-0.15, -0.1) is 0 Å². The molecule has 1 aromatic heterocycles. The summed E-state index contributed by atoms with van der Waals surface area (Å²) in [5.41, 5.74) is 8.25. The first kappa shape index (κ1) is 13.9. The van der Waals surface area contributed by atoms with Crippen LogP contribution in [0.1, 0.15) is 5.56 Å². The molecule has 6 heteroatoms. The molecule has 0 unspecified atom stereocenters. The Hall–Kier alpha value is -2.08. The molecule has 3 rings (SSSR count). The van der Waals surface area contributed by atoms with Crippen LogP contribution in [0.3, 0.4) is 0 Å². The predicted octanol–water partition coefficient (Wildman–Crippen LogP) is 3.58. The number of imidazole rings is 1. The predicted molar refractivity (Wildman–Crippen MR) is 83.9 cm³/mol. The largest absolute Gasteiger partial charge is 0.496 e. The SMILES string of the molecule is COc1ccccc1Cn1c(N)nc2cc(F)c(Br)cc21. The van der Waals surface area contributed by atoms with Gasteiger partial charge in [-0.1, -0.05) is 18.2 Å². The van der Waals surface area contributed by atoms with E-state index in [0.29, 0.717) is 22.5 Å². The van der Waals surface area contributed by atoms with E-state index in [-0.39, 0.29) is 5.82 Å². The zero-order valence-electron chi connectivity index (χ0n) is 11.3. The number of nitrogens with zero attached hydrogens (tertiary/aromatic N) is 2. The standard InChI is InChI=1S/C15H13BrFN3O/c1-21-14-5-3-2-4-9(14)8-20-13-6-10(16)11(17)7-12(13)19-15(20)18/h2-7H,8H2,1H3,(H2,18,19). The molecule has 0 spiro atoms. The molecule has 0 fully saturated rings. The highest BCUT2D eigenvalue weighted by Gasteiger charge is 2.13. The van der Waals surface area contributed by atoms with E-state index in [1.807, 2.05) is 28.8 Å². The maximum absolute atomic E-state index is 13.6. The van der Waals surface area contributed by atoms with Crippen LogP contribution in [0.15, 0.2) is 40.9 Å². The number of para-hydroxylation sites is 1. The average molecular weight is 350 g/mol. The molecular formula is C15H13BrFN3O. The van der Waals surface area contributed by atoms with E-state index in [9.17, 15) is 4.39 Å². The summed E-state index contributed by atoms with van der Waals surface area (Å²) in [4.78, 5) is 4.21. The van der Waals surface area contributed by atoms with Crippen LogP contribution < -0.4 is 10.5 Å². The van der Waals surface area contributed by atoms with Gasteiger partial charge in [-0.05, 0) is 28.1 Å². The molecular weight excluding hydrogens is 337 g/mol. The number of nitrogen functional groups attached to an aromatic ring is 1. The molecule has 3 aromatic rings. The van der Waals surface area contributed by atoms with Gasteiger partial charge in [-0.25, -0.2) is 9.37 Å². The number of aromatic nitrogens is 2. The van der Waals surface area contributed by atoms with Crippen LogP contribution in [0.2, 0.25) is 0 Å². The van der Waals surface area contributed by atoms with Gasteiger partial charge in [0.15, 0.2) is 0 Å². The minimum Gasteiger partial charge on any atom is -0.496 e. The first-order valence-corrected chi connectivity index (χ1v) is 7.12. The van der Waals surface area contributed by atoms with Gasteiger partial charge in [-0.2, -0.15) is 0 Å². The van der Waals surface area contributed by atoms with Crippen LogP contribution in [0.25, 0.3) is 11.0 Å². The van der Waals surface area contributed by atoms with E-state index >= 15 is 0 Å². The summed E-state index contributed by atoms with van der Waals surface area (Å²) in [6.07, 6.45) is 0. The lowest BCUT2D eigenvalue weighted by Crippen LogP contribution is -2.05. The zero-order valence-corrected chi connectivity index (χ0v) is 12.9. The minimum atomic E-state index is -0.357. The van der Waals surface area contributed by atoms with Crippen molar-refractivity contribution in [3.8, 4) is 5.75 Å². The van der Waals surface area contributed by atoms with Crippen molar-refractivity contribution in [2.45, 2.75) is 6.54 Å². The van der Waals surface area contributed by atoms with Gasteiger partial charge in [0.1, 0.15) is 11.6 Å². The molecule has 4 nitrogen and oxygen atoms in total. The van der Waals surface area contributed by atoms with Crippen LogP contribution in [-0.4, -0.2) is 16.7 Å². The molecule has 0 amide bonds. The molecule has 0 aliphatic carbocycles. The lowest BCUT2D eigenvalue weighted by molar-refractivity contribution is 0.408. The molecule has 0 atom stereocenters. The van der Waals surface area contributed by atoms with Crippen LogP contribution in [0.5, 0.6) is 5.75 Å². The normalized spacial score (nSPS) is 11.0. The number of rotatable bonds is 3. The van der Waals surface area contributed by atoms with Gasteiger partial charge in [0.2, 0.25) is 5.95 Å². The van der Waals surface area contributed by atoms with Crippen molar-refractivity contribution in [3.05, 3.63) is 52.3 Å². The molecule has 0 radical (unpaired) electrons. The van der Waals surface area contributed by atoms with Crippen molar-refractivity contribution in [1.82, 2.24) is 9.55 Å². The Morgan fingerprint density at radius 2 is 2.10 bits per heavy atom. The fourth-order valence-corrected chi connectivity index (χ4v) is 2.64. The van der Waals surface area contributed by atoms with Crippen molar-refractivity contribution in [2.24, 2.45) is 0 Å². The lowest BCUT2D eigenvalue weighted by atomic mass is 10.2. The molecule has 0 saturated heterocycles. The van der Waals surface area contributed by atoms with Crippen molar-refractivity contribution in [2.75, 3.05) is 12.8 Å². The Bertz CT molecular complexity index is 816. The van der Waals surface area contributed by atoms with Crippen molar-refractivity contribution in [1.29, 1.82) is 0 Å². The number of nitrogens with two attached hydrogens (primary N) is 1. The second-order valence-corrected chi connectivity index (χ2v) is 5.48. The van der Waals surface area contributed by atoms with Gasteiger partial charge < -0.3 is 15.0 Å². The number of anilines is 1. The molecule has 2 aromatic carbocycles. The van der Waals surface area contributed by atoms with Crippen LogP contribution in [0, 0.1) is 5.82 Å². The van der Waals surface area contributed by atoms with E-state index in [4.69, 9.17) is 10.5 Å². The Labute approximate surface area is 129 Å². The summed E-state index contributed by atoms with van der Waals surface area (Å²) >= 11 is 3.19. The number of hydrogen-bond donors (Lipinski definition) is 1. The highest BCUT2D eigenvalue weighted by molar-refractivity contribution is 9.10. The molecule has 108 valence electrons. The third kappa shape index (κ3) is 2.47. The molecule has 0 bridgehead atoms. The molecule has 1 heterocycles. The summed E-state index contributed by atoms with van der Waals surface area (Å²) in [5.74, 6) is 0.762. The highest BCUT2D eigenvalue weighted by atomic mass is 79.9. The summed E-state index contributed by atoms with van der Waals surface area (Å²) in [7, 11) is 1.63. The van der Waals surface area contributed by atoms with Crippen molar-refractivity contribution < 1.29 is 9.13 Å². The number of halogens is 2. The molecule has 21 heavy (non-hydrogen) atoms. The maximum atomic E-state index is 13.6. The Morgan fingerprint density at radius 1 is 1.33 bits per heavy atom. The van der Waals surface area contributed by atoms with E-state index in [1.165, 1.54) is 6.07 Å². The van der Waals surface area contributed by atoms with Crippen LogP contribution in [-0.2, 0) is 6.54 Å². The summed E-state index contributed by atoms with van der Waals surface area (Å²) in [6, 6.07) is 10.7. The average Bonchev–Trinajstić information content (AvgIpc) is 2.76. The van der Waals surface area contributed by atoms with Gasteiger partial charge in [0.25, 0.3) is 0 Å². The van der Waals surface area contributed by atoms with Gasteiger partial charge in [0.05, 0.1) is 29.2 Å². The highest BCUT2D eigenvalue weighted by Crippen LogP contribution is 2.27.